The second-order valence-electron chi connectivity index (χ2n) is 3.75. The number of hydrogen-bond acceptors (Lipinski definition) is 2. The van der Waals surface area contributed by atoms with E-state index in [-0.39, 0.29) is 0 Å². The highest BCUT2D eigenvalue weighted by Crippen LogP contribution is 2.17. The van der Waals surface area contributed by atoms with E-state index in [0.717, 1.165) is 22.4 Å². The zero-order valence-electron chi connectivity index (χ0n) is 9.37. The Kier molecular flexibility index (Phi) is 4.02. The smallest absolute Gasteiger partial charge is 0.129 e. The van der Waals surface area contributed by atoms with Crippen LogP contribution in [0.3, 0.4) is 0 Å². The highest BCUT2D eigenvalue weighted by molar-refractivity contribution is 9.10. The summed E-state index contributed by atoms with van der Waals surface area (Å²) in [6, 6.07) is 12.0. The summed E-state index contributed by atoms with van der Waals surface area (Å²) < 4.78 is 1.09. The number of aryl methyl sites for hydroxylation is 1. The van der Waals surface area contributed by atoms with Crippen molar-refractivity contribution in [2.24, 2.45) is 0 Å². The van der Waals surface area contributed by atoms with Crippen LogP contribution in [0.2, 0.25) is 5.15 Å². The molecule has 0 bridgehead atoms. The molecule has 0 saturated carbocycles. The first-order chi connectivity index (χ1) is 8.15. The average molecular weight is 312 g/mol. The lowest BCUT2D eigenvalue weighted by Crippen LogP contribution is -2.01. The van der Waals surface area contributed by atoms with Crippen LogP contribution in [0.1, 0.15) is 11.3 Å². The molecule has 0 fully saturated rings. The molecule has 0 aliphatic carbocycles. The first-order valence-corrected chi connectivity index (χ1v) is 6.44. The van der Waals surface area contributed by atoms with E-state index in [1.165, 1.54) is 5.56 Å². The Labute approximate surface area is 114 Å². The van der Waals surface area contributed by atoms with Crippen molar-refractivity contribution < 1.29 is 0 Å². The van der Waals surface area contributed by atoms with Gasteiger partial charge in [-0.05, 0) is 36.8 Å². The minimum absolute atomic E-state index is 0.525. The lowest BCUT2D eigenvalue weighted by molar-refractivity contribution is 1.11. The van der Waals surface area contributed by atoms with Crippen LogP contribution in [0.4, 0.5) is 5.69 Å². The molecular weight excluding hydrogens is 300 g/mol. The van der Waals surface area contributed by atoms with E-state index >= 15 is 0 Å². The Hall–Kier alpha value is -1.06. The molecule has 4 heteroatoms. The van der Waals surface area contributed by atoms with E-state index < -0.39 is 0 Å². The van der Waals surface area contributed by atoms with E-state index in [1.54, 1.807) is 6.07 Å². The van der Waals surface area contributed by atoms with Crippen LogP contribution in [0, 0.1) is 6.92 Å². The molecule has 1 aromatic heterocycles. The average Bonchev–Trinajstić information content (AvgIpc) is 2.30. The summed E-state index contributed by atoms with van der Waals surface area (Å²) in [5.41, 5.74) is 3.15. The zero-order valence-corrected chi connectivity index (χ0v) is 11.7. The monoisotopic (exact) mass is 310 g/mol. The molecule has 88 valence electrons. The summed E-state index contributed by atoms with van der Waals surface area (Å²) in [6.45, 7) is 2.72. The Morgan fingerprint density at radius 3 is 2.53 bits per heavy atom. The van der Waals surface area contributed by atoms with E-state index in [9.17, 15) is 0 Å². The quantitative estimate of drug-likeness (QED) is 0.849. The second kappa shape index (κ2) is 5.52. The maximum absolute atomic E-state index is 5.81. The van der Waals surface area contributed by atoms with Gasteiger partial charge in [-0.2, -0.15) is 0 Å². The van der Waals surface area contributed by atoms with Crippen LogP contribution < -0.4 is 5.32 Å². The van der Waals surface area contributed by atoms with Gasteiger partial charge in [0.1, 0.15) is 5.15 Å². The van der Waals surface area contributed by atoms with Crippen LogP contribution in [0.5, 0.6) is 0 Å². The van der Waals surface area contributed by atoms with Gasteiger partial charge in [-0.3, -0.25) is 0 Å². The first-order valence-electron chi connectivity index (χ1n) is 5.26. The normalized spacial score (nSPS) is 10.3. The maximum Gasteiger partial charge on any atom is 0.129 e. The fraction of sp³-hybridized carbons (Fsp3) is 0.154. The van der Waals surface area contributed by atoms with Crippen LogP contribution >= 0.6 is 27.5 Å². The predicted octanol–water partition coefficient (Wildman–Crippen LogP) is 4.42. The van der Waals surface area contributed by atoms with Crippen molar-refractivity contribution in [1.82, 2.24) is 4.98 Å². The molecule has 2 nitrogen and oxygen atoms in total. The van der Waals surface area contributed by atoms with Crippen molar-refractivity contribution in [2.45, 2.75) is 13.5 Å². The van der Waals surface area contributed by atoms with E-state index in [2.05, 4.69) is 38.4 Å². The molecule has 17 heavy (non-hydrogen) atoms. The van der Waals surface area contributed by atoms with Crippen LogP contribution in [0.15, 0.2) is 40.9 Å². The third kappa shape index (κ3) is 3.45. The number of pyridine rings is 1. The van der Waals surface area contributed by atoms with Gasteiger partial charge in [-0.1, -0.05) is 39.7 Å². The Bertz CT molecular complexity index is 511. The molecule has 0 spiro atoms. The summed E-state index contributed by atoms with van der Waals surface area (Å²) >= 11 is 9.22. The molecule has 1 N–H and O–H groups in total. The maximum atomic E-state index is 5.81. The lowest BCUT2D eigenvalue weighted by Gasteiger charge is -2.09. The third-order valence-corrected chi connectivity index (χ3v) is 3.19. The molecule has 1 heterocycles. The van der Waals surface area contributed by atoms with Crippen LogP contribution in [-0.4, -0.2) is 4.98 Å². The lowest BCUT2D eigenvalue weighted by atomic mass is 10.2. The van der Waals surface area contributed by atoms with Gasteiger partial charge in [0.25, 0.3) is 0 Å². The SMILES string of the molecule is Cc1nc(Cl)ccc1NCc1ccc(Br)cc1. The largest absolute Gasteiger partial charge is 0.380 e. The van der Waals surface area contributed by atoms with Gasteiger partial charge in [0.2, 0.25) is 0 Å². The van der Waals surface area contributed by atoms with E-state index in [1.807, 2.05) is 25.1 Å². The summed E-state index contributed by atoms with van der Waals surface area (Å²) in [5.74, 6) is 0. The van der Waals surface area contributed by atoms with Gasteiger partial charge < -0.3 is 5.32 Å². The molecule has 0 aliphatic heterocycles. The molecule has 0 amide bonds. The van der Waals surface area contributed by atoms with Gasteiger partial charge in [-0.25, -0.2) is 4.98 Å². The molecule has 0 radical (unpaired) electrons. The highest BCUT2D eigenvalue weighted by Gasteiger charge is 2.00. The van der Waals surface area contributed by atoms with Gasteiger partial charge in [0, 0.05) is 11.0 Å². The Morgan fingerprint density at radius 1 is 1.18 bits per heavy atom. The first kappa shape index (κ1) is 12.4. The highest BCUT2D eigenvalue weighted by atomic mass is 79.9. The number of nitrogens with zero attached hydrogens (tertiary/aromatic N) is 1. The summed E-state index contributed by atoms with van der Waals surface area (Å²) in [5, 5.41) is 3.86. The predicted molar refractivity (Wildman–Crippen MR) is 75.5 cm³/mol. The Balaban J connectivity index is 2.04. The van der Waals surface area contributed by atoms with Crippen molar-refractivity contribution in [3.63, 3.8) is 0 Å². The number of aromatic nitrogens is 1. The molecule has 0 saturated heterocycles. The van der Waals surface area contributed by atoms with Gasteiger partial charge in [-0.15, -0.1) is 0 Å². The molecule has 0 atom stereocenters. The Morgan fingerprint density at radius 2 is 1.88 bits per heavy atom. The fourth-order valence-corrected chi connectivity index (χ4v) is 1.97. The van der Waals surface area contributed by atoms with Crippen molar-refractivity contribution >= 4 is 33.2 Å². The standard InChI is InChI=1S/C13H12BrClN2/c1-9-12(6-7-13(15)17-9)16-8-10-2-4-11(14)5-3-10/h2-7,16H,8H2,1H3. The number of hydrogen-bond donors (Lipinski definition) is 1. The zero-order chi connectivity index (χ0) is 12.3. The summed E-state index contributed by atoms with van der Waals surface area (Å²) in [7, 11) is 0. The van der Waals surface area contributed by atoms with Crippen LogP contribution in [0.25, 0.3) is 0 Å². The topological polar surface area (TPSA) is 24.9 Å². The third-order valence-electron chi connectivity index (χ3n) is 2.45. The van der Waals surface area contributed by atoms with Crippen LogP contribution in [-0.2, 0) is 6.54 Å². The summed E-state index contributed by atoms with van der Waals surface area (Å²) in [6.07, 6.45) is 0. The number of rotatable bonds is 3. The molecule has 2 rings (SSSR count). The molecule has 0 aliphatic rings. The molecular formula is C13H12BrClN2. The molecule has 0 unspecified atom stereocenters. The van der Waals surface area contributed by atoms with E-state index in [0.29, 0.717) is 5.15 Å². The van der Waals surface area contributed by atoms with Gasteiger partial charge in [0.05, 0.1) is 11.4 Å². The molecule has 1 aromatic carbocycles. The fourth-order valence-electron chi connectivity index (χ4n) is 1.52. The van der Waals surface area contributed by atoms with Gasteiger partial charge in [0.15, 0.2) is 0 Å². The van der Waals surface area contributed by atoms with Crippen molar-refractivity contribution in [2.75, 3.05) is 5.32 Å². The van der Waals surface area contributed by atoms with Crippen molar-refractivity contribution in [1.29, 1.82) is 0 Å². The summed E-state index contributed by atoms with van der Waals surface area (Å²) in [4.78, 5) is 4.20. The van der Waals surface area contributed by atoms with Crippen molar-refractivity contribution in [3.05, 3.63) is 57.3 Å². The molecule has 2 aromatic rings. The number of nitrogens with one attached hydrogen (secondary N) is 1. The second-order valence-corrected chi connectivity index (χ2v) is 5.05. The van der Waals surface area contributed by atoms with E-state index in [4.69, 9.17) is 11.6 Å². The van der Waals surface area contributed by atoms with Gasteiger partial charge >= 0.3 is 0 Å². The minimum atomic E-state index is 0.525. The number of benzene rings is 1. The number of anilines is 1. The number of halogens is 2. The minimum Gasteiger partial charge on any atom is -0.380 e. The van der Waals surface area contributed by atoms with Crippen molar-refractivity contribution in [3.8, 4) is 0 Å².